The van der Waals surface area contributed by atoms with Crippen LogP contribution in [0.2, 0.25) is 5.02 Å². The van der Waals surface area contributed by atoms with Gasteiger partial charge in [-0.25, -0.2) is 0 Å². The van der Waals surface area contributed by atoms with Gasteiger partial charge in [-0.05, 0) is 30.3 Å². The molecule has 5 heteroatoms. The van der Waals surface area contributed by atoms with Crippen LogP contribution in [-0.4, -0.2) is 48.9 Å². The summed E-state index contributed by atoms with van der Waals surface area (Å²) in [7, 11) is 2.17. The van der Waals surface area contributed by atoms with Gasteiger partial charge in [0.05, 0.1) is 0 Å². The van der Waals surface area contributed by atoms with Crippen molar-refractivity contribution in [3.63, 3.8) is 0 Å². The first-order chi connectivity index (χ1) is 12.6. The molecule has 1 heterocycles. The smallest absolute Gasteiger partial charge is 0.221 e. The molecule has 26 heavy (non-hydrogen) atoms. The molecule has 1 aliphatic rings. The Labute approximate surface area is 160 Å². The van der Waals surface area contributed by atoms with E-state index in [0.29, 0.717) is 24.0 Å². The second-order valence-corrected chi connectivity index (χ2v) is 7.30. The van der Waals surface area contributed by atoms with Crippen molar-refractivity contribution >= 4 is 17.5 Å². The van der Waals surface area contributed by atoms with Crippen LogP contribution in [0.4, 0.5) is 0 Å². The maximum absolute atomic E-state index is 12.2. The summed E-state index contributed by atoms with van der Waals surface area (Å²) in [6.45, 7) is 4.29. The van der Waals surface area contributed by atoms with Crippen molar-refractivity contribution in [1.82, 2.24) is 15.1 Å². The van der Waals surface area contributed by atoms with E-state index in [9.17, 15) is 4.79 Å². The zero-order chi connectivity index (χ0) is 18.4. The highest BCUT2D eigenvalue weighted by Gasteiger charge is 2.25. The van der Waals surface area contributed by atoms with Crippen molar-refractivity contribution in [1.29, 1.82) is 0 Å². The van der Waals surface area contributed by atoms with Gasteiger partial charge < -0.3 is 5.32 Å². The van der Waals surface area contributed by atoms with E-state index < -0.39 is 0 Å². The predicted octanol–water partition coefficient (Wildman–Crippen LogP) is 3.34. The molecule has 0 spiro atoms. The van der Waals surface area contributed by atoms with Crippen LogP contribution in [0.15, 0.2) is 54.6 Å². The topological polar surface area (TPSA) is 35.6 Å². The Morgan fingerprint density at radius 3 is 2.73 bits per heavy atom. The number of halogens is 1. The summed E-state index contributed by atoms with van der Waals surface area (Å²) in [5.74, 6) is 0.0835. The Bertz CT molecular complexity index is 722. The number of rotatable bonds is 6. The Balaban J connectivity index is 1.46. The monoisotopic (exact) mass is 371 g/mol. The highest BCUT2D eigenvalue weighted by molar-refractivity contribution is 6.30. The lowest BCUT2D eigenvalue weighted by Crippen LogP contribution is -2.47. The lowest BCUT2D eigenvalue weighted by Gasteiger charge is -2.39. The van der Waals surface area contributed by atoms with Crippen LogP contribution in [0.1, 0.15) is 23.6 Å². The minimum atomic E-state index is 0.0835. The second-order valence-electron chi connectivity index (χ2n) is 6.86. The minimum absolute atomic E-state index is 0.0835. The largest absolute Gasteiger partial charge is 0.352 e. The summed E-state index contributed by atoms with van der Waals surface area (Å²) in [4.78, 5) is 17.0. The molecule has 0 unspecified atom stereocenters. The van der Waals surface area contributed by atoms with Crippen LogP contribution in [0, 0.1) is 0 Å². The molecule has 1 fully saturated rings. The molecule has 1 atom stereocenters. The van der Waals surface area contributed by atoms with Gasteiger partial charge in [-0.2, -0.15) is 0 Å². The third-order valence-electron chi connectivity index (χ3n) is 4.95. The molecule has 4 nitrogen and oxygen atoms in total. The predicted molar refractivity (Wildman–Crippen MR) is 106 cm³/mol. The third kappa shape index (κ3) is 5.31. The summed E-state index contributed by atoms with van der Waals surface area (Å²) in [6.07, 6.45) is 0.520. The quantitative estimate of drug-likeness (QED) is 0.846. The second kappa shape index (κ2) is 9.17. The van der Waals surface area contributed by atoms with Crippen LogP contribution in [-0.2, 0) is 11.3 Å². The number of amides is 1. The first-order valence-electron chi connectivity index (χ1n) is 9.10. The molecule has 3 rings (SSSR count). The van der Waals surface area contributed by atoms with Crippen LogP contribution < -0.4 is 5.32 Å². The molecule has 1 N–H and O–H groups in total. The SMILES string of the molecule is CN1CCN(CCC(=O)NCc2cccc(Cl)c2)C[C@@H]1c1ccccc1. The highest BCUT2D eigenvalue weighted by Crippen LogP contribution is 2.23. The Hall–Kier alpha value is -1.88. The van der Waals surface area contributed by atoms with Crippen LogP contribution in [0.5, 0.6) is 0 Å². The van der Waals surface area contributed by atoms with Crippen LogP contribution in [0.25, 0.3) is 0 Å². The lowest BCUT2D eigenvalue weighted by molar-refractivity contribution is -0.121. The summed E-state index contributed by atoms with van der Waals surface area (Å²) in [5, 5.41) is 3.68. The third-order valence-corrected chi connectivity index (χ3v) is 5.19. The fourth-order valence-electron chi connectivity index (χ4n) is 3.36. The Kier molecular flexibility index (Phi) is 6.67. The van der Waals surface area contributed by atoms with Crippen molar-refractivity contribution in [2.24, 2.45) is 0 Å². The van der Waals surface area contributed by atoms with Gasteiger partial charge in [-0.15, -0.1) is 0 Å². The van der Waals surface area contributed by atoms with Gasteiger partial charge in [0.2, 0.25) is 5.91 Å². The number of nitrogens with zero attached hydrogens (tertiary/aromatic N) is 2. The molecule has 138 valence electrons. The fraction of sp³-hybridized carbons (Fsp3) is 0.381. The molecule has 1 saturated heterocycles. The first-order valence-corrected chi connectivity index (χ1v) is 9.48. The summed E-state index contributed by atoms with van der Waals surface area (Å²) < 4.78 is 0. The van der Waals surface area contributed by atoms with Gasteiger partial charge in [0.25, 0.3) is 0 Å². The molecule has 0 bridgehead atoms. The summed E-state index contributed by atoms with van der Waals surface area (Å²) in [6, 6.07) is 18.6. The van der Waals surface area contributed by atoms with Gasteiger partial charge in [0, 0.05) is 50.2 Å². The maximum atomic E-state index is 12.2. The first kappa shape index (κ1) is 18.9. The van der Waals surface area contributed by atoms with Gasteiger partial charge in [0.1, 0.15) is 0 Å². The molecular formula is C21H26ClN3O. The van der Waals surface area contributed by atoms with Crippen LogP contribution in [0.3, 0.4) is 0 Å². The summed E-state index contributed by atoms with van der Waals surface area (Å²) >= 11 is 5.98. The van der Waals surface area contributed by atoms with Crippen molar-refractivity contribution in [2.45, 2.75) is 19.0 Å². The lowest BCUT2D eigenvalue weighted by atomic mass is 10.0. The molecule has 1 aliphatic heterocycles. The fourth-order valence-corrected chi connectivity index (χ4v) is 3.58. The Morgan fingerprint density at radius 2 is 1.96 bits per heavy atom. The molecule has 0 radical (unpaired) electrons. The van der Waals surface area contributed by atoms with E-state index in [1.54, 1.807) is 0 Å². The van der Waals surface area contributed by atoms with E-state index in [4.69, 9.17) is 11.6 Å². The molecular weight excluding hydrogens is 346 g/mol. The van der Waals surface area contributed by atoms with E-state index in [2.05, 4.69) is 46.4 Å². The number of nitrogens with one attached hydrogen (secondary N) is 1. The zero-order valence-corrected chi connectivity index (χ0v) is 16.0. The van der Waals surface area contributed by atoms with Crippen molar-refractivity contribution in [3.05, 3.63) is 70.7 Å². The van der Waals surface area contributed by atoms with Crippen molar-refractivity contribution in [3.8, 4) is 0 Å². The molecule has 0 saturated carbocycles. The van der Waals surface area contributed by atoms with Crippen molar-refractivity contribution in [2.75, 3.05) is 33.2 Å². The number of hydrogen-bond donors (Lipinski definition) is 1. The standard InChI is InChI=1S/C21H26ClN3O/c1-24-12-13-25(16-20(24)18-7-3-2-4-8-18)11-10-21(26)23-15-17-6-5-9-19(22)14-17/h2-9,14,20H,10-13,15-16H2,1H3,(H,23,26)/t20-/m1/s1. The van der Waals surface area contributed by atoms with E-state index >= 15 is 0 Å². The normalized spacial score (nSPS) is 18.6. The van der Waals surface area contributed by atoms with E-state index in [1.807, 2.05) is 30.3 Å². The van der Waals surface area contributed by atoms with E-state index in [-0.39, 0.29) is 5.91 Å². The molecule has 1 amide bonds. The molecule has 0 aromatic heterocycles. The zero-order valence-electron chi connectivity index (χ0n) is 15.2. The summed E-state index contributed by atoms with van der Waals surface area (Å²) in [5.41, 5.74) is 2.36. The van der Waals surface area contributed by atoms with Gasteiger partial charge in [-0.1, -0.05) is 54.1 Å². The van der Waals surface area contributed by atoms with Crippen molar-refractivity contribution < 1.29 is 4.79 Å². The minimum Gasteiger partial charge on any atom is -0.352 e. The van der Waals surface area contributed by atoms with Gasteiger partial charge in [0.15, 0.2) is 0 Å². The maximum Gasteiger partial charge on any atom is 0.221 e. The molecule has 2 aromatic rings. The number of carbonyl (C=O) groups is 1. The number of hydrogen-bond acceptors (Lipinski definition) is 3. The molecule has 0 aliphatic carbocycles. The Morgan fingerprint density at radius 1 is 1.15 bits per heavy atom. The number of piperazine rings is 1. The van der Waals surface area contributed by atoms with Gasteiger partial charge >= 0.3 is 0 Å². The average molecular weight is 372 g/mol. The molecule has 2 aromatic carbocycles. The number of carbonyl (C=O) groups excluding carboxylic acids is 1. The van der Waals surface area contributed by atoms with Crippen LogP contribution >= 0.6 is 11.6 Å². The van der Waals surface area contributed by atoms with E-state index in [0.717, 1.165) is 31.7 Å². The van der Waals surface area contributed by atoms with E-state index in [1.165, 1.54) is 5.56 Å². The van der Waals surface area contributed by atoms with Gasteiger partial charge in [-0.3, -0.25) is 14.6 Å². The average Bonchev–Trinajstić information content (AvgIpc) is 2.66. The number of likely N-dealkylation sites (N-methyl/N-ethyl adjacent to an activating group) is 1. The highest BCUT2D eigenvalue weighted by atomic mass is 35.5. The number of benzene rings is 2.